The molecule has 1 amide bonds. The first-order chi connectivity index (χ1) is 28.4. The molecule has 0 aromatic rings. The standard InChI is InChI=1S/C51H88N2O5/c1-3-5-7-9-11-13-15-17-19-20-22-24-26-28-30-35-39-45-50(55)58-47(41-36-32-29-27-25-23-21-18-16-14-12-10-8-6-4-2)42-37-33-31-34-38-44-49(54)53-48(51(56)57)43-40-46-52/h5,7,11,13,17,19,22-25,28,30,47-48H,3-4,6,8-10,12,14-16,18,20-21,26-27,29,31-46,52H2,1-2H3,(H,53,54)(H,56,57)/b7-5-,13-11-,19-17-,24-22-,25-23-,30-28-. The van der Waals surface area contributed by atoms with Gasteiger partial charge in [0.1, 0.15) is 12.1 Å². The summed E-state index contributed by atoms with van der Waals surface area (Å²) in [6.45, 7) is 4.83. The second-order valence-electron chi connectivity index (χ2n) is 15.8. The Labute approximate surface area is 356 Å². The van der Waals surface area contributed by atoms with Crippen molar-refractivity contribution in [2.45, 2.75) is 225 Å². The molecule has 0 saturated carbocycles. The molecule has 0 heterocycles. The molecule has 332 valence electrons. The molecule has 2 unspecified atom stereocenters. The number of carboxylic acid groups (broad SMARTS) is 1. The molecule has 0 aliphatic rings. The number of nitrogens with one attached hydrogen (secondary N) is 1. The fraction of sp³-hybridized carbons (Fsp3) is 0.706. The Bertz CT molecular complexity index is 1140. The Hall–Kier alpha value is -3.19. The van der Waals surface area contributed by atoms with Crippen molar-refractivity contribution in [3.05, 3.63) is 72.9 Å². The number of nitrogens with two attached hydrogens (primary N) is 1. The summed E-state index contributed by atoms with van der Waals surface area (Å²) in [7, 11) is 0. The number of rotatable bonds is 42. The number of aliphatic carboxylic acids is 1. The van der Waals surface area contributed by atoms with Gasteiger partial charge in [-0.1, -0.05) is 157 Å². The van der Waals surface area contributed by atoms with Gasteiger partial charge < -0.3 is 20.9 Å². The molecular formula is C51H88N2O5. The third kappa shape index (κ3) is 41.0. The second kappa shape index (κ2) is 44.9. The summed E-state index contributed by atoms with van der Waals surface area (Å²) >= 11 is 0. The van der Waals surface area contributed by atoms with Gasteiger partial charge in [0, 0.05) is 12.8 Å². The number of ether oxygens (including phenoxy) is 1. The number of carbonyl (C=O) groups is 3. The van der Waals surface area contributed by atoms with Crippen LogP contribution in [0, 0.1) is 0 Å². The summed E-state index contributed by atoms with van der Waals surface area (Å²) in [4.78, 5) is 36.5. The van der Waals surface area contributed by atoms with E-state index in [1.54, 1.807) is 0 Å². The number of allylic oxidation sites excluding steroid dienone is 12. The average Bonchev–Trinajstić information content (AvgIpc) is 3.21. The number of amides is 1. The van der Waals surface area contributed by atoms with Crippen LogP contribution in [0.1, 0.15) is 213 Å². The largest absolute Gasteiger partial charge is 0.480 e. The Kier molecular flexibility index (Phi) is 42.4. The summed E-state index contributed by atoms with van der Waals surface area (Å²) in [5.74, 6) is -1.31. The van der Waals surface area contributed by atoms with Crippen molar-refractivity contribution in [1.29, 1.82) is 0 Å². The maximum Gasteiger partial charge on any atom is 0.326 e. The van der Waals surface area contributed by atoms with Gasteiger partial charge in [0.15, 0.2) is 0 Å². The predicted octanol–water partition coefficient (Wildman–Crippen LogP) is 13.9. The lowest BCUT2D eigenvalue weighted by Gasteiger charge is -2.18. The van der Waals surface area contributed by atoms with E-state index in [0.29, 0.717) is 32.2 Å². The van der Waals surface area contributed by atoms with E-state index in [1.807, 2.05) is 0 Å². The van der Waals surface area contributed by atoms with E-state index < -0.39 is 12.0 Å². The van der Waals surface area contributed by atoms with Crippen LogP contribution >= 0.6 is 0 Å². The van der Waals surface area contributed by atoms with Crippen molar-refractivity contribution >= 4 is 17.8 Å². The minimum atomic E-state index is -1.01. The number of carbonyl (C=O) groups excluding carboxylic acids is 2. The summed E-state index contributed by atoms with van der Waals surface area (Å²) < 4.78 is 6.03. The zero-order valence-corrected chi connectivity index (χ0v) is 37.4. The van der Waals surface area contributed by atoms with Crippen molar-refractivity contribution < 1.29 is 24.2 Å². The minimum absolute atomic E-state index is 0.0361. The number of unbranched alkanes of at least 4 members (excludes halogenated alkanes) is 16. The zero-order chi connectivity index (χ0) is 42.4. The van der Waals surface area contributed by atoms with Crippen LogP contribution in [-0.2, 0) is 19.1 Å². The van der Waals surface area contributed by atoms with Crippen molar-refractivity contribution in [2.75, 3.05) is 6.54 Å². The minimum Gasteiger partial charge on any atom is -0.480 e. The Morgan fingerprint density at radius 2 is 0.966 bits per heavy atom. The first-order valence-electron chi connectivity index (χ1n) is 23.8. The van der Waals surface area contributed by atoms with Crippen LogP contribution in [0.3, 0.4) is 0 Å². The third-order valence-electron chi connectivity index (χ3n) is 10.3. The number of esters is 1. The van der Waals surface area contributed by atoms with Crippen LogP contribution in [0.4, 0.5) is 0 Å². The molecule has 0 aliphatic carbocycles. The topological polar surface area (TPSA) is 119 Å². The summed E-state index contributed by atoms with van der Waals surface area (Å²) in [5.41, 5.74) is 5.49. The van der Waals surface area contributed by atoms with Gasteiger partial charge in [0.2, 0.25) is 5.91 Å². The van der Waals surface area contributed by atoms with E-state index in [0.717, 1.165) is 109 Å². The molecule has 2 atom stereocenters. The molecule has 4 N–H and O–H groups in total. The molecule has 0 aromatic carbocycles. The van der Waals surface area contributed by atoms with Crippen LogP contribution in [0.2, 0.25) is 0 Å². The molecular weight excluding hydrogens is 721 g/mol. The molecule has 0 spiro atoms. The van der Waals surface area contributed by atoms with E-state index in [4.69, 9.17) is 10.5 Å². The average molecular weight is 809 g/mol. The van der Waals surface area contributed by atoms with Crippen molar-refractivity contribution in [3.63, 3.8) is 0 Å². The molecule has 7 heteroatoms. The lowest BCUT2D eigenvalue weighted by atomic mass is 10.0. The summed E-state index contributed by atoms with van der Waals surface area (Å²) in [6.07, 6.45) is 58.1. The highest BCUT2D eigenvalue weighted by molar-refractivity contribution is 5.83. The second-order valence-corrected chi connectivity index (χ2v) is 15.8. The van der Waals surface area contributed by atoms with Crippen molar-refractivity contribution in [3.8, 4) is 0 Å². The summed E-state index contributed by atoms with van der Waals surface area (Å²) in [5, 5.41) is 12.0. The Morgan fingerprint density at radius 3 is 1.50 bits per heavy atom. The molecule has 0 radical (unpaired) electrons. The molecule has 7 nitrogen and oxygen atoms in total. The number of hydrogen-bond donors (Lipinski definition) is 3. The molecule has 0 rings (SSSR count). The van der Waals surface area contributed by atoms with E-state index >= 15 is 0 Å². The fourth-order valence-corrected chi connectivity index (χ4v) is 6.72. The Balaban J connectivity index is 4.47. The lowest BCUT2D eigenvalue weighted by Crippen LogP contribution is -2.40. The molecule has 0 aromatic heterocycles. The zero-order valence-electron chi connectivity index (χ0n) is 37.4. The monoisotopic (exact) mass is 809 g/mol. The maximum atomic E-state index is 12.8. The van der Waals surface area contributed by atoms with Gasteiger partial charge in [-0.15, -0.1) is 0 Å². The van der Waals surface area contributed by atoms with Crippen LogP contribution in [-0.4, -0.2) is 41.6 Å². The number of carboxylic acids is 1. The molecule has 0 bridgehead atoms. The first kappa shape index (κ1) is 54.8. The smallest absolute Gasteiger partial charge is 0.326 e. The third-order valence-corrected chi connectivity index (χ3v) is 10.3. The normalized spacial score (nSPS) is 13.3. The van der Waals surface area contributed by atoms with E-state index in [-0.39, 0.29) is 18.0 Å². The van der Waals surface area contributed by atoms with Crippen LogP contribution in [0.15, 0.2) is 72.9 Å². The highest BCUT2D eigenvalue weighted by atomic mass is 16.5. The van der Waals surface area contributed by atoms with Gasteiger partial charge in [-0.3, -0.25) is 9.59 Å². The SMILES string of the molecule is CC/C=C\C/C=C\C/C=C\C/C=C\C/C=C\CCCC(=O)OC(CCCCC/C=C\CCCCCCCCCC)CCCCCCCC(=O)NC(CCCN)C(=O)O. The summed E-state index contributed by atoms with van der Waals surface area (Å²) in [6, 6.07) is -0.866. The van der Waals surface area contributed by atoms with Crippen LogP contribution in [0.25, 0.3) is 0 Å². The van der Waals surface area contributed by atoms with Gasteiger partial charge in [-0.25, -0.2) is 4.79 Å². The first-order valence-corrected chi connectivity index (χ1v) is 23.8. The number of hydrogen-bond acceptors (Lipinski definition) is 5. The van der Waals surface area contributed by atoms with Crippen LogP contribution < -0.4 is 11.1 Å². The van der Waals surface area contributed by atoms with Gasteiger partial charge in [-0.2, -0.15) is 0 Å². The van der Waals surface area contributed by atoms with Gasteiger partial charge in [0.05, 0.1) is 0 Å². The molecule has 0 aliphatic heterocycles. The molecule has 58 heavy (non-hydrogen) atoms. The fourth-order valence-electron chi connectivity index (χ4n) is 6.72. The van der Waals surface area contributed by atoms with Crippen molar-refractivity contribution in [1.82, 2.24) is 5.32 Å². The van der Waals surface area contributed by atoms with Gasteiger partial charge in [0.25, 0.3) is 0 Å². The van der Waals surface area contributed by atoms with E-state index in [1.165, 1.54) is 64.2 Å². The Morgan fingerprint density at radius 1 is 0.517 bits per heavy atom. The van der Waals surface area contributed by atoms with Crippen molar-refractivity contribution in [2.24, 2.45) is 5.73 Å². The molecule has 0 saturated heterocycles. The van der Waals surface area contributed by atoms with Crippen LogP contribution in [0.5, 0.6) is 0 Å². The maximum absolute atomic E-state index is 12.8. The predicted molar refractivity (Wildman–Crippen MR) is 248 cm³/mol. The van der Waals surface area contributed by atoms with Gasteiger partial charge in [-0.05, 0) is 122 Å². The van der Waals surface area contributed by atoms with Gasteiger partial charge >= 0.3 is 11.9 Å². The lowest BCUT2D eigenvalue weighted by molar-refractivity contribution is -0.150. The van der Waals surface area contributed by atoms with E-state index in [9.17, 15) is 19.5 Å². The molecule has 0 fully saturated rings. The van der Waals surface area contributed by atoms with E-state index in [2.05, 4.69) is 92.1 Å². The highest BCUT2D eigenvalue weighted by Gasteiger charge is 2.19. The quantitative estimate of drug-likeness (QED) is 0.0321. The highest BCUT2D eigenvalue weighted by Crippen LogP contribution is 2.18.